The molecule has 1 N–H and O–H groups in total. The summed E-state index contributed by atoms with van der Waals surface area (Å²) in [4.78, 5) is 23.1. The Morgan fingerprint density at radius 3 is 2.41 bits per heavy atom. The number of carbonyl (C=O) groups is 2. The SMILES string of the molecule is CN(CCc1ccc(Cl)cc1)C(=O)CC(=O)O. The van der Waals surface area contributed by atoms with E-state index in [2.05, 4.69) is 0 Å². The Labute approximate surface area is 105 Å². The van der Waals surface area contributed by atoms with Crippen molar-refractivity contribution in [1.82, 2.24) is 4.90 Å². The van der Waals surface area contributed by atoms with E-state index in [9.17, 15) is 9.59 Å². The van der Waals surface area contributed by atoms with E-state index < -0.39 is 12.4 Å². The second-order valence-electron chi connectivity index (χ2n) is 3.76. The molecule has 4 nitrogen and oxygen atoms in total. The van der Waals surface area contributed by atoms with Crippen molar-refractivity contribution < 1.29 is 14.7 Å². The van der Waals surface area contributed by atoms with Gasteiger partial charge < -0.3 is 10.0 Å². The molecule has 17 heavy (non-hydrogen) atoms. The van der Waals surface area contributed by atoms with Gasteiger partial charge in [-0.15, -0.1) is 0 Å². The number of halogens is 1. The van der Waals surface area contributed by atoms with Gasteiger partial charge in [0, 0.05) is 18.6 Å². The standard InChI is InChI=1S/C12H14ClNO3/c1-14(11(15)8-12(16)17)7-6-9-2-4-10(13)5-3-9/h2-5H,6-8H2,1H3,(H,16,17). The van der Waals surface area contributed by atoms with E-state index in [0.29, 0.717) is 18.0 Å². The number of rotatable bonds is 5. The van der Waals surface area contributed by atoms with Gasteiger partial charge in [0.1, 0.15) is 6.42 Å². The van der Waals surface area contributed by atoms with Crippen LogP contribution >= 0.6 is 11.6 Å². The van der Waals surface area contributed by atoms with Crippen LogP contribution in [0, 0.1) is 0 Å². The van der Waals surface area contributed by atoms with Crippen molar-refractivity contribution in [2.24, 2.45) is 0 Å². The van der Waals surface area contributed by atoms with E-state index in [-0.39, 0.29) is 5.91 Å². The fraction of sp³-hybridized carbons (Fsp3) is 0.333. The van der Waals surface area contributed by atoms with Crippen molar-refractivity contribution in [2.45, 2.75) is 12.8 Å². The van der Waals surface area contributed by atoms with Gasteiger partial charge >= 0.3 is 5.97 Å². The number of hydrogen-bond acceptors (Lipinski definition) is 2. The number of carboxylic acids is 1. The third kappa shape index (κ3) is 4.87. The molecule has 0 spiro atoms. The van der Waals surface area contributed by atoms with E-state index in [0.717, 1.165) is 5.56 Å². The molecule has 0 aliphatic carbocycles. The van der Waals surface area contributed by atoms with Gasteiger partial charge in [-0.2, -0.15) is 0 Å². The smallest absolute Gasteiger partial charge is 0.312 e. The van der Waals surface area contributed by atoms with E-state index in [1.165, 1.54) is 4.90 Å². The highest BCUT2D eigenvalue weighted by atomic mass is 35.5. The normalized spacial score (nSPS) is 10.0. The molecule has 0 aromatic heterocycles. The maximum Gasteiger partial charge on any atom is 0.312 e. The minimum Gasteiger partial charge on any atom is -0.481 e. The van der Waals surface area contributed by atoms with Crippen molar-refractivity contribution in [1.29, 1.82) is 0 Å². The van der Waals surface area contributed by atoms with Crippen LogP contribution in [0.4, 0.5) is 0 Å². The molecule has 0 aliphatic rings. The number of likely N-dealkylation sites (N-methyl/N-ethyl adjacent to an activating group) is 1. The Balaban J connectivity index is 2.42. The molecule has 0 heterocycles. The number of amides is 1. The predicted octanol–water partition coefficient (Wildman–Crippen LogP) is 1.82. The molecule has 0 aliphatic heterocycles. The molecule has 1 rings (SSSR count). The van der Waals surface area contributed by atoms with Crippen LogP contribution in [0.5, 0.6) is 0 Å². The molecule has 0 radical (unpaired) electrons. The Bertz CT molecular complexity index is 403. The van der Waals surface area contributed by atoms with Crippen LogP contribution in [0.15, 0.2) is 24.3 Å². The Morgan fingerprint density at radius 2 is 1.88 bits per heavy atom. The third-order valence-electron chi connectivity index (χ3n) is 2.38. The fourth-order valence-electron chi connectivity index (χ4n) is 1.34. The first-order valence-electron chi connectivity index (χ1n) is 5.19. The number of hydrogen-bond donors (Lipinski definition) is 1. The van der Waals surface area contributed by atoms with Gasteiger partial charge in [0.25, 0.3) is 0 Å². The Kier molecular flexibility index (Phi) is 4.97. The highest BCUT2D eigenvalue weighted by Crippen LogP contribution is 2.10. The van der Waals surface area contributed by atoms with Gasteiger partial charge in [-0.3, -0.25) is 9.59 Å². The molecule has 5 heteroatoms. The summed E-state index contributed by atoms with van der Waals surface area (Å²) in [6.07, 6.45) is 0.218. The van der Waals surface area contributed by atoms with Crippen LogP contribution in [0.25, 0.3) is 0 Å². The highest BCUT2D eigenvalue weighted by molar-refractivity contribution is 6.30. The van der Waals surface area contributed by atoms with E-state index >= 15 is 0 Å². The molecule has 92 valence electrons. The summed E-state index contributed by atoms with van der Waals surface area (Å²) in [5, 5.41) is 9.16. The first-order valence-corrected chi connectivity index (χ1v) is 5.57. The predicted molar refractivity (Wildman–Crippen MR) is 65.0 cm³/mol. The van der Waals surface area contributed by atoms with E-state index in [1.807, 2.05) is 12.1 Å². The van der Waals surface area contributed by atoms with E-state index in [4.69, 9.17) is 16.7 Å². The molecule has 1 amide bonds. The molecule has 0 unspecified atom stereocenters. The van der Waals surface area contributed by atoms with Crippen LogP contribution in [0.3, 0.4) is 0 Å². The molecule has 1 aromatic rings. The molecular formula is C12H14ClNO3. The van der Waals surface area contributed by atoms with Crippen molar-refractivity contribution in [3.05, 3.63) is 34.9 Å². The lowest BCUT2D eigenvalue weighted by Gasteiger charge is -2.15. The van der Waals surface area contributed by atoms with Crippen molar-refractivity contribution in [2.75, 3.05) is 13.6 Å². The second kappa shape index (κ2) is 6.25. The maximum absolute atomic E-state index is 11.4. The summed E-state index contributed by atoms with van der Waals surface area (Å²) in [5.41, 5.74) is 1.06. The first kappa shape index (κ1) is 13.5. The van der Waals surface area contributed by atoms with Crippen LogP contribution in [0.2, 0.25) is 5.02 Å². The summed E-state index contributed by atoms with van der Waals surface area (Å²) in [5.74, 6) is -1.49. The third-order valence-corrected chi connectivity index (χ3v) is 2.63. The molecule has 0 saturated heterocycles. The van der Waals surface area contributed by atoms with Crippen LogP contribution in [-0.4, -0.2) is 35.5 Å². The minimum atomic E-state index is -1.10. The topological polar surface area (TPSA) is 57.6 Å². The minimum absolute atomic E-state index is 0.383. The van der Waals surface area contributed by atoms with E-state index in [1.54, 1.807) is 19.2 Å². The largest absolute Gasteiger partial charge is 0.481 e. The summed E-state index contributed by atoms with van der Waals surface area (Å²) < 4.78 is 0. The summed E-state index contributed by atoms with van der Waals surface area (Å²) in [6.45, 7) is 0.494. The van der Waals surface area contributed by atoms with Gasteiger partial charge in [-0.05, 0) is 24.1 Å². The van der Waals surface area contributed by atoms with Gasteiger partial charge in [0.2, 0.25) is 5.91 Å². The summed E-state index contributed by atoms with van der Waals surface area (Å²) >= 11 is 5.75. The van der Waals surface area contributed by atoms with Gasteiger partial charge in [-0.25, -0.2) is 0 Å². The zero-order chi connectivity index (χ0) is 12.8. The van der Waals surface area contributed by atoms with Crippen molar-refractivity contribution in [3.8, 4) is 0 Å². The number of carboxylic acid groups (broad SMARTS) is 1. The van der Waals surface area contributed by atoms with Crippen molar-refractivity contribution in [3.63, 3.8) is 0 Å². The quantitative estimate of drug-likeness (QED) is 0.817. The second-order valence-corrected chi connectivity index (χ2v) is 4.20. The number of carbonyl (C=O) groups excluding carboxylic acids is 1. The Morgan fingerprint density at radius 1 is 1.29 bits per heavy atom. The zero-order valence-corrected chi connectivity index (χ0v) is 10.3. The van der Waals surface area contributed by atoms with Crippen LogP contribution in [0.1, 0.15) is 12.0 Å². The Hall–Kier alpha value is -1.55. The molecule has 0 fully saturated rings. The summed E-state index contributed by atoms with van der Waals surface area (Å²) in [6, 6.07) is 7.35. The number of nitrogens with zero attached hydrogens (tertiary/aromatic N) is 1. The molecular weight excluding hydrogens is 242 g/mol. The van der Waals surface area contributed by atoms with Gasteiger partial charge in [0.05, 0.1) is 0 Å². The number of aliphatic carboxylic acids is 1. The lowest BCUT2D eigenvalue weighted by molar-refractivity contribution is -0.143. The highest BCUT2D eigenvalue weighted by Gasteiger charge is 2.12. The zero-order valence-electron chi connectivity index (χ0n) is 9.52. The molecule has 0 atom stereocenters. The lowest BCUT2D eigenvalue weighted by Crippen LogP contribution is -2.30. The van der Waals surface area contributed by atoms with Crippen LogP contribution in [-0.2, 0) is 16.0 Å². The summed E-state index contributed by atoms with van der Waals surface area (Å²) in [7, 11) is 1.60. The molecule has 1 aromatic carbocycles. The monoisotopic (exact) mass is 255 g/mol. The lowest BCUT2D eigenvalue weighted by atomic mass is 10.1. The van der Waals surface area contributed by atoms with Gasteiger partial charge in [-0.1, -0.05) is 23.7 Å². The van der Waals surface area contributed by atoms with Crippen molar-refractivity contribution >= 4 is 23.5 Å². The molecule has 0 bridgehead atoms. The average Bonchev–Trinajstić information content (AvgIpc) is 2.27. The van der Waals surface area contributed by atoms with Crippen LogP contribution < -0.4 is 0 Å². The fourth-order valence-corrected chi connectivity index (χ4v) is 1.46. The van der Waals surface area contributed by atoms with Gasteiger partial charge in [0.15, 0.2) is 0 Å². The first-order chi connectivity index (χ1) is 7.99. The molecule has 0 saturated carbocycles. The maximum atomic E-state index is 11.4. The number of benzene rings is 1. The average molecular weight is 256 g/mol.